The topological polar surface area (TPSA) is 99.2 Å². The smallest absolute Gasteiger partial charge is 0.305 e. The lowest BCUT2D eigenvalue weighted by Gasteiger charge is -2.19. The number of hydrogen-bond donors (Lipinski definition) is 2. The SMILES string of the molecule is CC[C@H](N)c1nc2cccc(NCCCCC(=O)OC)c2c(=O)n1-c1ccccc1. The number of nitrogens with two attached hydrogens (primary N) is 1. The molecule has 1 aromatic heterocycles. The average molecular weight is 409 g/mol. The Morgan fingerprint density at radius 3 is 2.63 bits per heavy atom. The van der Waals surface area contributed by atoms with Gasteiger partial charge in [0.1, 0.15) is 5.82 Å². The molecule has 3 N–H and O–H groups in total. The first kappa shape index (κ1) is 21.5. The number of nitrogens with zero attached hydrogens (tertiary/aromatic N) is 2. The summed E-state index contributed by atoms with van der Waals surface area (Å²) < 4.78 is 6.27. The van der Waals surface area contributed by atoms with Crippen molar-refractivity contribution in [1.82, 2.24) is 9.55 Å². The molecule has 0 aliphatic rings. The van der Waals surface area contributed by atoms with Crippen LogP contribution in [0.3, 0.4) is 0 Å². The molecule has 0 unspecified atom stereocenters. The van der Waals surface area contributed by atoms with E-state index in [4.69, 9.17) is 10.7 Å². The number of fused-ring (bicyclic) bond motifs is 1. The second-order valence-corrected chi connectivity index (χ2v) is 7.12. The standard InChI is InChI=1S/C23H28N4O3/c1-3-17(24)22-26-19-13-9-12-18(25-15-8-7-14-20(28)30-2)21(19)23(29)27(22)16-10-5-4-6-11-16/h4-6,9-13,17,25H,3,7-8,14-15,24H2,1-2H3/t17-/m0/s1. The summed E-state index contributed by atoms with van der Waals surface area (Å²) >= 11 is 0. The summed E-state index contributed by atoms with van der Waals surface area (Å²) in [5.74, 6) is 0.339. The van der Waals surface area contributed by atoms with Gasteiger partial charge in [0.25, 0.3) is 5.56 Å². The minimum Gasteiger partial charge on any atom is -0.469 e. The molecule has 0 aliphatic heterocycles. The van der Waals surface area contributed by atoms with Crippen molar-refractivity contribution in [2.75, 3.05) is 19.0 Å². The first-order valence-corrected chi connectivity index (χ1v) is 10.2. The first-order valence-electron chi connectivity index (χ1n) is 10.2. The zero-order valence-corrected chi connectivity index (χ0v) is 17.4. The Morgan fingerprint density at radius 1 is 1.17 bits per heavy atom. The molecule has 1 heterocycles. The summed E-state index contributed by atoms with van der Waals surface area (Å²) in [7, 11) is 1.39. The molecule has 1 atom stereocenters. The average Bonchev–Trinajstić information content (AvgIpc) is 2.78. The third-order valence-corrected chi connectivity index (χ3v) is 5.06. The van der Waals surface area contributed by atoms with Crippen LogP contribution in [-0.4, -0.2) is 29.2 Å². The summed E-state index contributed by atoms with van der Waals surface area (Å²) in [6, 6.07) is 14.7. The fourth-order valence-corrected chi connectivity index (χ4v) is 3.37. The van der Waals surface area contributed by atoms with Crippen LogP contribution >= 0.6 is 0 Å². The fourth-order valence-electron chi connectivity index (χ4n) is 3.37. The van der Waals surface area contributed by atoms with Crippen molar-refractivity contribution in [2.45, 2.75) is 38.6 Å². The van der Waals surface area contributed by atoms with Crippen molar-refractivity contribution in [2.24, 2.45) is 5.73 Å². The number of ether oxygens (including phenoxy) is 1. The number of carbonyl (C=O) groups excluding carboxylic acids is 1. The molecule has 0 bridgehead atoms. The molecule has 3 rings (SSSR count). The number of carbonyl (C=O) groups is 1. The van der Waals surface area contributed by atoms with Crippen LogP contribution in [0.1, 0.15) is 44.5 Å². The fraction of sp³-hybridized carbons (Fsp3) is 0.348. The summed E-state index contributed by atoms with van der Waals surface area (Å²) in [5, 5.41) is 3.85. The minimum absolute atomic E-state index is 0.150. The quantitative estimate of drug-likeness (QED) is 0.415. The number of para-hydroxylation sites is 1. The van der Waals surface area contributed by atoms with Crippen LogP contribution < -0.4 is 16.6 Å². The van der Waals surface area contributed by atoms with Gasteiger partial charge in [-0.15, -0.1) is 0 Å². The van der Waals surface area contributed by atoms with Crippen LogP contribution in [0.25, 0.3) is 16.6 Å². The van der Waals surface area contributed by atoms with E-state index in [1.54, 1.807) is 4.57 Å². The van der Waals surface area contributed by atoms with Crippen molar-refractivity contribution >= 4 is 22.6 Å². The lowest BCUT2D eigenvalue weighted by atomic mass is 10.1. The van der Waals surface area contributed by atoms with Gasteiger partial charge in [-0.05, 0) is 43.5 Å². The number of aromatic nitrogens is 2. The Hall–Kier alpha value is -3.19. The molecule has 0 fully saturated rings. The van der Waals surface area contributed by atoms with Gasteiger partial charge < -0.3 is 15.8 Å². The Balaban J connectivity index is 1.99. The van der Waals surface area contributed by atoms with Crippen LogP contribution in [0.15, 0.2) is 53.3 Å². The molecule has 2 aromatic carbocycles. The Morgan fingerprint density at radius 2 is 1.93 bits per heavy atom. The third kappa shape index (κ3) is 4.68. The second-order valence-electron chi connectivity index (χ2n) is 7.12. The largest absolute Gasteiger partial charge is 0.469 e. The van der Waals surface area contributed by atoms with Crippen molar-refractivity contribution in [1.29, 1.82) is 0 Å². The summed E-state index contributed by atoms with van der Waals surface area (Å²) in [4.78, 5) is 29.6. The maximum absolute atomic E-state index is 13.6. The highest BCUT2D eigenvalue weighted by Crippen LogP contribution is 2.23. The van der Waals surface area contributed by atoms with Gasteiger partial charge in [-0.25, -0.2) is 4.98 Å². The molecule has 3 aromatic rings. The number of esters is 1. The molecule has 0 saturated heterocycles. The molecule has 0 spiro atoms. The lowest BCUT2D eigenvalue weighted by Crippen LogP contribution is -2.28. The van der Waals surface area contributed by atoms with Gasteiger partial charge in [0.2, 0.25) is 0 Å². The normalized spacial score (nSPS) is 12.0. The molecule has 0 amide bonds. The van der Waals surface area contributed by atoms with Gasteiger partial charge in [-0.3, -0.25) is 14.2 Å². The molecule has 30 heavy (non-hydrogen) atoms. The van der Waals surface area contributed by atoms with E-state index in [2.05, 4.69) is 10.1 Å². The Bertz CT molecular complexity index is 1060. The van der Waals surface area contributed by atoms with E-state index in [1.807, 2.05) is 55.5 Å². The van der Waals surface area contributed by atoms with Crippen molar-refractivity contribution in [3.8, 4) is 5.69 Å². The molecule has 7 nitrogen and oxygen atoms in total. The molecule has 0 aliphatic carbocycles. The molecular formula is C23H28N4O3. The third-order valence-electron chi connectivity index (χ3n) is 5.06. The van der Waals surface area contributed by atoms with Crippen LogP contribution in [0.5, 0.6) is 0 Å². The van der Waals surface area contributed by atoms with E-state index in [0.717, 1.165) is 17.8 Å². The summed E-state index contributed by atoms with van der Waals surface area (Å²) in [6.45, 7) is 2.61. The number of hydrogen-bond acceptors (Lipinski definition) is 6. The number of unbranched alkanes of at least 4 members (excludes halogenated alkanes) is 1. The number of benzene rings is 2. The van der Waals surface area contributed by atoms with E-state index in [1.165, 1.54) is 7.11 Å². The van der Waals surface area contributed by atoms with Crippen molar-refractivity contribution in [3.63, 3.8) is 0 Å². The zero-order chi connectivity index (χ0) is 21.5. The van der Waals surface area contributed by atoms with Gasteiger partial charge in [-0.1, -0.05) is 31.2 Å². The van der Waals surface area contributed by atoms with Crippen molar-refractivity contribution < 1.29 is 9.53 Å². The highest BCUT2D eigenvalue weighted by Gasteiger charge is 2.18. The number of anilines is 1. The number of rotatable bonds is 9. The van der Waals surface area contributed by atoms with E-state index in [0.29, 0.717) is 42.5 Å². The van der Waals surface area contributed by atoms with Gasteiger partial charge in [0, 0.05) is 18.7 Å². The molecule has 7 heteroatoms. The summed E-state index contributed by atoms with van der Waals surface area (Å²) in [6.07, 6.45) is 2.55. The first-order chi connectivity index (χ1) is 14.6. The highest BCUT2D eigenvalue weighted by atomic mass is 16.5. The predicted octanol–water partition coefficient (Wildman–Crippen LogP) is 3.55. The molecule has 158 valence electrons. The van der Waals surface area contributed by atoms with E-state index in [-0.39, 0.29) is 17.6 Å². The monoisotopic (exact) mass is 408 g/mol. The van der Waals surface area contributed by atoms with Crippen LogP contribution in [-0.2, 0) is 9.53 Å². The molecule has 0 radical (unpaired) electrons. The van der Waals surface area contributed by atoms with E-state index < -0.39 is 0 Å². The van der Waals surface area contributed by atoms with E-state index in [9.17, 15) is 9.59 Å². The Kier molecular flexibility index (Phi) is 7.19. The second kappa shape index (κ2) is 10.0. The van der Waals surface area contributed by atoms with Crippen LogP contribution in [0.4, 0.5) is 5.69 Å². The van der Waals surface area contributed by atoms with Gasteiger partial charge >= 0.3 is 5.97 Å². The van der Waals surface area contributed by atoms with Crippen molar-refractivity contribution in [3.05, 3.63) is 64.7 Å². The summed E-state index contributed by atoms with van der Waals surface area (Å²) in [5.41, 5.74) is 8.24. The number of methoxy groups -OCH3 is 1. The molecular weight excluding hydrogens is 380 g/mol. The number of nitrogens with one attached hydrogen (secondary N) is 1. The van der Waals surface area contributed by atoms with E-state index >= 15 is 0 Å². The zero-order valence-electron chi connectivity index (χ0n) is 17.4. The maximum atomic E-state index is 13.6. The lowest BCUT2D eigenvalue weighted by molar-refractivity contribution is -0.140. The highest BCUT2D eigenvalue weighted by molar-refractivity contribution is 5.91. The molecule has 0 saturated carbocycles. The van der Waals surface area contributed by atoms with Crippen LogP contribution in [0.2, 0.25) is 0 Å². The Labute approximate surface area is 175 Å². The van der Waals surface area contributed by atoms with Gasteiger partial charge in [0.15, 0.2) is 0 Å². The van der Waals surface area contributed by atoms with Gasteiger partial charge in [-0.2, -0.15) is 0 Å². The predicted molar refractivity (Wildman–Crippen MR) is 119 cm³/mol. The minimum atomic E-state index is -0.350. The maximum Gasteiger partial charge on any atom is 0.305 e. The van der Waals surface area contributed by atoms with Gasteiger partial charge in [0.05, 0.1) is 29.7 Å². The van der Waals surface area contributed by atoms with Crippen LogP contribution in [0, 0.1) is 0 Å².